The van der Waals surface area contributed by atoms with Gasteiger partial charge in [-0.2, -0.15) is 0 Å². The van der Waals surface area contributed by atoms with E-state index in [-0.39, 0.29) is 5.82 Å². The summed E-state index contributed by atoms with van der Waals surface area (Å²) in [7, 11) is 0. The van der Waals surface area contributed by atoms with E-state index < -0.39 is 0 Å². The molecule has 1 N–H and O–H groups in total. The Labute approximate surface area is 107 Å². The first-order valence-corrected chi connectivity index (χ1v) is 6.23. The highest BCUT2D eigenvalue weighted by molar-refractivity contribution is 5.15. The number of halogens is 1. The van der Waals surface area contributed by atoms with Gasteiger partial charge < -0.3 is 9.88 Å². The normalized spacial score (nSPS) is 10.8. The predicted molar refractivity (Wildman–Crippen MR) is 69.5 cm³/mol. The number of rotatable bonds is 6. The topological polar surface area (TPSA) is 29.9 Å². The van der Waals surface area contributed by atoms with Crippen LogP contribution in [0.2, 0.25) is 0 Å². The Morgan fingerprint density at radius 1 is 1.22 bits per heavy atom. The van der Waals surface area contributed by atoms with Gasteiger partial charge in [0.05, 0.1) is 12.0 Å². The molecule has 0 amide bonds. The van der Waals surface area contributed by atoms with Crippen molar-refractivity contribution in [2.75, 3.05) is 0 Å². The third-order valence-corrected chi connectivity index (χ3v) is 2.81. The number of imidazole rings is 1. The van der Waals surface area contributed by atoms with Crippen LogP contribution in [0.1, 0.15) is 24.6 Å². The molecule has 2 aromatic rings. The molecular weight excluding hydrogens is 229 g/mol. The fourth-order valence-electron chi connectivity index (χ4n) is 1.87. The second-order valence-corrected chi connectivity index (χ2v) is 4.31. The lowest BCUT2D eigenvalue weighted by atomic mass is 10.2. The largest absolute Gasteiger partial charge is 0.333 e. The van der Waals surface area contributed by atoms with E-state index in [9.17, 15) is 4.39 Å². The van der Waals surface area contributed by atoms with Crippen LogP contribution in [-0.2, 0) is 19.6 Å². The van der Waals surface area contributed by atoms with Crippen molar-refractivity contribution in [1.29, 1.82) is 0 Å². The van der Waals surface area contributed by atoms with Crippen LogP contribution in [0.25, 0.3) is 0 Å². The number of aryl methyl sites for hydroxylation is 1. The Balaban J connectivity index is 1.84. The molecule has 1 aromatic heterocycles. The molecule has 96 valence electrons. The molecule has 0 fully saturated rings. The quantitative estimate of drug-likeness (QED) is 0.850. The van der Waals surface area contributed by atoms with Gasteiger partial charge >= 0.3 is 0 Å². The summed E-state index contributed by atoms with van der Waals surface area (Å²) < 4.78 is 14.9. The fourth-order valence-corrected chi connectivity index (χ4v) is 1.87. The SMILES string of the molecule is CCCn1cncc1CNCc1ccc(F)cc1. The maximum absolute atomic E-state index is 12.7. The van der Waals surface area contributed by atoms with Crippen LogP contribution in [0.5, 0.6) is 0 Å². The first-order valence-electron chi connectivity index (χ1n) is 6.23. The molecule has 0 saturated heterocycles. The maximum Gasteiger partial charge on any atom is 0.123 e. The molecule has 0 aliphatic heterocycles. The number of nitrogens with one attached hydrogen (secondary N) is 1. The lowest BCUT2D eigenvalue weighted by Crippen LogP contribution is -2.15. The molecule has 0 aliphatic carbocycles. The molecule has 0 atom stereocenters. The average molecular weight is 247 g/mol. The highest BCUT2D eigenvalue weighted by atomic mass is 19.1. The van der Waals surface area contributed by atoms with Crippen LogP contribution in [0.15, 0.2) is 36.8 Å². The maximum atomic E-state index is 12.7. The third-order valence-electron chi connectivity index (χ3n) is 2.81. The van der Waals surface area contributed by atoms with E-state index in [1.54, 1.807) is 12.1 Å². The summed E-state index contributed by atoms with van der Waals surface area (Å²) in [5.74, 6) is -0.195. The van der Waals surface area contributed by atoms with E-state index in [0.717, 1.165) is 31.6 Å². The lowest BCUT2D eigenvalue weighted by molar-refractivity contribution is 0.599. The predicted octanol–water partition coefficient (Wildman–Crippen LogP) is 2.72. The molecule has 1 aromatic carbocycles. The number of nitrogens with zero attached hydrogens (tertiary/aromatic N) is 2. The number of benzene rings is 1. The minimum absolute atomic E-state index is 0.195. The van der Waals surface area contributed by atoms with Crippen molar-refractivity contribution in [3.8, 4) is 0 Å². The molecule has 0 unspecified atom stereocenters. The summed E-state index contributed by atoms with van der Waals surface area (Å²) in [6, 6.07) is 6.56. The summed E-state index contributed by atoms with van der Waals surface area (Å²) in [5, 5.41) is 3.34. The second-order valence-electron chi connectivity index (χ2n) is 4.31. The Kier molecular flexibility index (Phi) is 4.47. The molecule has 3 nitrogen and oxygen atoms in total. The molecule has 0 saturated carbocycles. The molecular formula is C14H18FN3. The van der Waals surface area contributed by atoms with E-state index in [4.69, 9.17) is 0 Å². The first-order chi connectivity index (χ1) is 8.79. The smallest absolute Gasteiger partial charge is 0.123 e. The van der Waals surface area contributed by atoms with Crippen molar-refractivity contribution in [2.45, 2.75) is 33.0 Å². The summed E-state index contributed by atoms with van der Waals surface area (Å²) in [6.45, 7) is 4.65. The molecule has 0 aliphatic rings. The second kappa shape index (κ2) is 6.31. The minimum Gasteiger partial charge on any atom is -0.333 e. The van der Waals surface area contributed by atoms with Gasteiger partial charge in [0.1, 0.15) is 5.82 Å². The zero-order valence-electron chi connectivity index (χ0n) is 10.6. The monoisotopic (exact) mass is 247 g/mol. The number of hydrogen-bond acceptors (Lipinski definition) is 2. The Hall–Kier alpha value is -1.68. The van der Waals surface area contributed by atoms with Crippen molar-refractivity contribution >= 4 is 0 Å². The van der Waals surface area contributed by atoms with Crippen molar-refractivity contribution in [2.24, 2.45) is 0 Å². The Morgan fingerprint density at radius 2 is 2.00 bits per heavy atom. The summed E-state index contributed by atoms with van der Waals surface area (Å²) in [6.07, 6.45) is 4.84. The molecule has 4 heteroatoms. The minimum atomic E-state index is -0.195. The highest BCUT2D eigenvalue weighted by Crippen LogP contribution is 2.04. The third kappa shape index (κ3) is 3.40. The molecule has 0 spiro atoms. The van der Waals surface area contributed by atoms with E-state index in [1.165, 1.54) is 17.8 Å². The van der Waals surface area contributed by atoms with Crippen LogP contribution in [0, 0.1) is 5.82 Å². The van der Waals surface area contributed by atoms with Crippen LogP contribution in [0.4, 0.5) is 4.39 Å². The van der Waals surface area contributed by atoms with Crippen LogP contribution in [-0.4, -0.2) is 9.55 Å². The van der Waals surface area contributed by atoms with Gasteiger partial charge in [0.25, 0.3) is 0 Å². The summed E-state index contributed by atoms with van der Waals surface area (Å²) in [5.41, 5.74) is 2.26. The summed E-state index contributed by atoms with van der Waals surface area (Å²) >= 11 is 0. The molecule has 0 bridgehead atoms. The van der Waals surface area contributed by atoms with Crippen LogP contribution < -0.4 is 5.32 Å². The van der Waals surface area contributed by atoms with Gasteiger partial charge in [0, 0.05) is 25.8 Å². The van der Waals surface area contributed by atoms with Crippen LogP contribution in [0.3, 0.4) is 0 Å². The standard InChI is InChI=1S/C14H18FN3/c1-2-7-18-11-17-10-14(18)9-16-8-12-3-5-13(15)6-4-12/h3-6,10-11,16H,2,7-9H2,1H3. The van der Waals surface area contributed by atoms with Crippen molar-refractivity contribution in [1.82, 2.24) is 14.9 Å². The van der Waals surface area contributed by atoms with Gasteiger partial charge in [-0.1, -0.05) is 19.1 Å². The van der Waals surface area contributed by atoms with Gasteiger partial charge in [-0.05, 0) is 24.1 Å². The van der Waals surface area contributed by atoms with Crippen molar-refractivity contribution < 1.29 is 4.39 Å². The van der Waals surface area contributed by atoms with Gasteiger partial charge in [-0.25, -0.2) is 9.37 Å². The molecule has 1 heterocycles. The van der Waals surface area contributed by atoms with E-state index in [1.807, 2.05) is 12.5 Å². The Bertz CT molecular complexity index is 476. The molecule has 18 heavy (non-hydrogen) atoms. The van der Waals surface area contributed by atoms with E-state index in [0.29, 0.717) is 0 Å². The van der Waals surface area contributed by atoms with Gasteiger partial charge in [-0.3, -0.25) is 0 Å². The Morgan fingerprint density at radius 3 is 2.72 bits per heavy atom. The van der Waals surface area contributed by atoms with Crippen LogP contribution >= 0.6 is 0 Å². The number of hydrogen-bond donors (Lipinski definition) is 1. The van der Waals surface area contributed by atoms with Gasteiger partial charge in [-0.15, -0.1) is 0 Å². The number of aromatic nitrogens is 2. The molecule has 2 rings (SSSR count). The van der Waals surface area contributed by atoms with E-state index >= 15 is 0 Å². The van der Waals surface area contributed by atoms with Crippen molar-refractivity contribution in [3.63, 3.8) is 0 Å². The molecule has 0 radical (unpaired) electrons. The van der Waals surface area contributed by atoms with Gasteiger partial charge in [0.15, 0.2) is 0 Å². The zero-order valence-corrected chi connectivity index (χ0v) is 10.6. The van der Waals surface area contributed by atoms with E-state index in [2.05, 4.69) is 21.8 Å². The zero-order chi connectivity index (χ0) is 12.8. The first kappa shape index (κ1) is 12.8. The average Bonchev–Trinajstić information content (AvgIpc) is 2.80. The van der Waals surface area contributed by atoms with Gasteiger partial charge in [0.2, 0.25) is 0 Å². The summed E-state index contributed by atoms with van der Waals surface area (Å²) in [4.78, 5) is 4.15. The van der Waals surface area contributed by atoms with Crippen molar-refractivity contribution in [3.05, 3.63) is 53.9 Å². The fraction of sp³-hybridized carbons (Fsp3) is 0.357. The lowest BCUT2D eigenvalue weighted by Gasteiger charge is -2.08. The highest BCUT2D eigenvalue weighted by Gasteiger charge is 2.00.